The van der Waals surface area contributed by atoms with E-state index in [0.717, 1.165) is 13.1 Å². The van der Waals surface area contributed by atoms with Gasteiger partial charge in [-0.2, -0.15) is 0 Å². The molecule has 220 valence electrons. The number of anilines is 1. The van der Waals surface area contributed by atoms with Gasteiger partial charge < -0.3 is 34.5 Å². The van der Waals surface area contributed by atoms with Crippen molar-refractivity contribution in [3.8, 4) is 5.75 Å². The molecule has 1 rings (SSSR count). The minimum atomic E-state index is -0.846. The lowest BCUT2D eigenvalue weighted by atomic mass is 10.1. The Morgan fingerprint density at radius 3 is 2.26 bits per heavy atom. The Labute approximate surface area is 235 Å². The first-order valence-corrected chi connectivity index (χ1v) is 13.7. The van der Waals surface area contributed by atoms with E-state index in [1.54, 1.807) is 0 Å². The van der Waals surface area contributed by atoms with Gasteiger partial charge in [-0.25, -0.2) is 0 Å². The number of rotatable bonds is 19. The molecule has 1 unspecified atom stereocenters. The third-order valence-corrected chi connectivity index (χ3v) is 5.90. The number of ether oxygens (including phenoxy) is 4. The number of likely N-dealkylation sites (N-methyl/N-ethyl adjacent to an activating group) is 1. The maximum absolute atomic E-state index is 12.7. The molecular formula is C27H42ClN3O8. The van der Waals surface area contributed by atoms with E-state index < -0.39 is 23.9 Å². The highest BCUT2D eigenvalue weighted by atomic mass is 35.5. The number of benzene rings is 1. The molecule has 0 aliphatic carbocycles. The maximum atomic E-state index is 12.7. The van der Waals surface area contributed by atoms with E-state index >= 15 is 0 Å². The lowest BCUT2D eigenvalue weighted by Crippen LogP contribution is -2.35. The second-order valence-corrected chi connectivity index (χ2v) is 9.08. The zero-order valence-electron chi connectivity index (χ0n) is 23.6. The Balaban J connectivity index is 2.72. The van der Waals surface area contributed by atoms with E-state index in [2.05, 4.69) is 29.4 Å². The number of nitrogens with zero attached hydrogens (tertiary/aromatic N) is 1. The molecule has 0 saturated heterocycles. The minimum Gasteiger partial charge on any atom is -0.496 e. The lowest BCUT2D eigenvalue weighted by Gasteiger charge is -2.19. The van der Waals surface area contributed by atoms with E-state index in [1.807, 2.05) is 13.8 Å². The molecule has 0 aliphatic heterocycles. The molecule has 1 atom stereocenters. The monoisotopic (exact) mass is 571 g/mol. The van der Waals surface area contributed by atoms with Gasteiger partial charge in [0.2, 0.25) is 5.91 Å². The van der Waals surface area contributed by atoms with Crippen LogP contribution in [0.4, 0.5) is 5.69 Å². The topological polar surface area (TPSA) is 132 Å². The Morgan fingerprint density at radius 2 is 1.64 bits per heavy atom. The smallest absolute Gasteiger partial charge is 0.306 e. The number of amides is 2. The van der Waals surface area contributed by atoms with Crippen molar-refractivity contribution in [3.05, 3.63) is 22.7 Å². The summed E-state index contributed by atoms with van der Waals surface area (Å²) >= 11 is 6.34. The molecule has 11 nitrogen and oxygen atoms in total. The number of hydrogen-bond donors (Lipinski definition) is 2. The molecule has 0 bridgehead atoms. The van der Waals surface area contributed by atoms with Crippen molar-refractivity contribution in [2.75, 3.05) is 58.4 Å². The van der Waals surface area contributed by atoms with Gasteiger partial charge in [-0.15, -0.1) is 0 Å². The van der Waals surface area contributed by atoms with Crippen LogP contribution in [0.5, 0.6) is 5.75 Å². The van der Waals surface area contributed by atoms with Gasteiger partial charge in [0.1, 0.15) is 19.0 Å². The summed E-state index contributed by atoms with van der Waals surface area (Å²) in [5.74, 6) is -1.48. The van der Waals surface area contributed by atoms with Gasteiger partial charge in [0.05, 0.1) is 30.0 Å². The van der Waals surface area contributed by atoms with Gasteiger partial charge >= 0.3 is 11.9 Å². The summed E-state index contributed by atoms with van der Waals surface area (Å²) in [5, 5.41) is 5.61. The van der Waals surface area contributed by atoms with Crippen molar-refractivity contribution in [3.63, 3.8) is 0 Å². The van der Waals surface area contributed by atoms with Gasteiger partial charge in [-0.1, -0.05) is 39.3 Å². The first-order valence-electron chi connectivity index (χ1n) is 13.3. The number of nitrogens with one attached hydrogen (secondary N) is 2. The standard InChI is InChI=1S/C27H42ClN3O8/c1-6-10-25(33)38-17-19(39-26(34)11-7-2)16-37-18-24(32)30-22-15-23(36-5)20(14-21(22)28)27(35)29-12-13-31(8-3)9-4/h14-15,19H,6-13,16-18H2,1-5H3,(H,29,35)(H,30,32). The van der Waals surface area contributed by atoms with Crippen LogP contribution in [0.3, 0.4) is 0 Å². The van der Waals surface area contributed by atoms with Crippen LogP contribution in [0, 0.1) is 0 Å². The van der Waals surface area contributed by atoms with Crippen LogP contribution in [-0.2, 0) is 28.6 Å². The second-order valence-electron chi connectivity index (χ2n) is 8.67. The second kappa shape index (κ2) is 19.2. The van der Waals surface area contributed by atoms with Gasteiger partial charge in [0, 0.05) is 32.0 Å². The Morgan fingerprint density at radius 1 is 0.974 bits per heavy atom. The van der Waals surface area contributed by atoms with Crippen LogP contribution in [0.15, 0.2) is 12.1 Å². The predicted octanol–water partition coefficient (Wildman–Crippen LogP) is 3.43. The van der Waals surface area contributed by atoms with Crippen molar-refractivity contribution in [1.29, 1.82) is 0 Å². The summed E-state index contributed by atoms with van der Waals surface area (Å²) < 4.78 is 21.2. The average molecular weight is 572 g/mol. The van der Waals surface area contributed by atoms with Crippen molar-refractivity contribution >= 4 is 41.0 Å². The number of halogens is 1. The summed E-state index contributed by atoms with van der Waals surface area (Å²) in [6, 6.07) is 2.89. The van der Waals surface area contributed by atoms with Crippen LogP contribution >= 0.6 is 11.6 Å². The van der Waals surface area contributed by atoms with E-state index in [1.165, 1.54) is 19.2 Å². The molecule has 0 saturated carbocycles. The number of hydrogen-bond acceptors (Lipinski definition) is 9. The average Bonchev–Trinajstić information content (AvgIpc) is 2.90. The van der Waals surface area contributed by atoms with E-state index in [4.69, 9.17) is 30.5 Å². The third-order valence-electron chi connectivity index (χ3n) is 5.59. The molecule has 0 fully saturated rings. The van der Waals surface area contributed by atoms with Crippen LogP contribution in [-0.4, -0.2) is 87.9 Å². The van der Waals surface area contributed by atoms with E-state index in [9.17, 15) is 19.2 Å². The zero-order chi connectivity index (χ0) is 29.2. The summed E-state index contributed by atoms with van der Waals surface area (Å²) in [4.78, 5) is 50.9. The normalized spacial score (nSPS) is 11.6. The quantitative estimate of drug-likeness (QED) is 0.240. The third kappa shape index (κ3) is 13.1. The molecule has 0 radical (unpaired) electrons. The molecule has 0 heterocycles. The van der Waals surface area contributed by atoms with Crippen LogP contribution in [0.25, 0.3) is 0 Å². The van der Waals surface area contributed by atoms with E-state index in [-0.39, 0.29) is 60.6 Å². The number of carbonyl (C=O) groups is 4. The molecule has 0 spiro atoms. The van der Waals surface area contributed by atoms with Gasteiger partial charge in [0.15, 0.2) is 6.10 Å². The van der Waals surface area contributed by atoms with Crippen LogP contribution < -0.4 is 15.4 Å². The van der Waals surface area contributed by atoms with Gasteiger partial charge in [-0.3, -0.25) is 19.2 Å². The number of esters is 2. The lowest BCUT2D eigenvalue weighted by molar-refractivity contribution is -0.163. The highest BCUT2D eigenvalue weighted by Gasteiger charge is 2.20. The largest absolute Gasteiger partial charge is 0.496 e. The summed E-state index contributed by atoms with van der Waals surface area (Å²) in [7, 11) is 1.41. The summed E-state index contributed by atoms with van der Waals surface area (Å²) in [6.07, 6.45) is 0.849. The van der Waals surface area contributed by atoms with Crippen LogP contribution in [0.1, 0.15) is 63.7 Å². The molecule has 0 aliphatic rings. The van der Waals surface area contributed by atoms with Crippen LogP contribution in [0.2, 0.25) is 5.02 Å². The van der Waals surface area contributed by atoms with Crippen molar-refractivity contribution in [1.82, 2.24) is 10.2 Å². The maximum Gasteiger partial charge on any atom is 0.306 e. The fourth-order valence-corrected chi connectivity index (χ4v) is 3.67. The Bertz CT molecular complexity index is 940. The zero-order valence-corrected chi connectivity index (χ0v) is 24.4. The van der Waals surface area contributed by atoms with E-state index in [0.29, 0.717) is 25.9 Å². The molecule has 1 aromatic rings. The first kappa shape index (κ1) is 34.1. The molecule has 39 heavy (non-hydrogen) atoms. The van der Waals surface area contributed by atoms with Crippen molar-refractivity contribution in [2.45, 2.75) is 59.5 Å². The molecule has 1 aromatic carbocycles. The van der Waals surface area contributed by atoms with Crippen molar-refractivity contribution in [2.24, 2.45) is 0 Å². The number of carbonyl (C=O) groups excluding carboxylic acids is 4. The highest BCUT2D eigenvalue weighted by Crippen LogP contribution is 2.31. The Kier molecular flexibility index (Phi) is 16.8. The summed E-state index contributed by atoms with van der Waals surface area (Å²) in [6.45, 7) is 10.0. The van der Waals surface area contributed by atoms with Gasteiger partial charge in [0.25, 0.3) is 5.91 Å². The predicted molar refractivity (Wildman–Crippen MR) is 148 cm³/mol. The Hall–Kier alpha value is -2.89. The first-order chi connectivity index (χ1) is 18.7. The summed E-state index contributed by atoms with van der Waals surface area (Å²) in [5.41, 5.74) is 0.479. The number of methoxy groups -OCH3 is 1. The minimum absolute atomic E-state index is 0.146. The van der Waals surface area contributed by atoms with Gasteiger partial charge in [-0.05, 0) is 32.0 Å². The molecule has 2 N–H and O–H groups in total. The molecule has 12 heteroatoms. The highest BCUT2D eigenvalue weighted by molar-refractivity contribution is 6.34. The molecular weight excluding hydrogens is 530 g/mol. The molecule has 0 aromatic heterocycles. The SMILES string of the molecule is CCCC(=O)OCC(COCC(=O)Nc1cc(OC)c(C(=O)NCCN(CC)CC)cc1Cl)OC(=O)CCC. The fourth-order valence-electron chi connectivity index (χ4n) is 3.45. The molecule has 2 amide bonds. The fraction of sp³-hybridized carbons (Fsp3) is 0.630. The van der Waals surface area contributed by atoms with Crippen molar-refractivity contribution < 1.29 is 38.1 Å².